The van der Waals surface area contributed by atoms with Crippen LogP contribution in [0.2, 0.25) is 0 Å². The molecule has 0 spiro atoms. The van der Waals surface area contributed by atoms with Gasteiger partial charge in [-0.3, -0.25) is 9.48 Å². The Balaban J connectivity index is 1.92. The summed E-state index contributed by atoms with van der Waals surface area (Å²) in [7, 11) is 1.88. The molecule has 0 bridgehead atoms. The number of hydrogen-bond acceptors (Lipinski definition) is 4. The van der Waals surface area contributed by atoms with Crippen LogP contribution in [0.25, 0.3) is 0 Å². The van der Waals surface area contributed by atoms with Crippen molar-refractivity contribution in [3.63, 3.8) is 0 Å². The van der Waals surface area contributed by atoms with Crippen LogP contribution in [-0.2, 0) is 31.2 Å². The van der Waals surface area contributed by atoms with E-state index in [1.165, 1.54) is 0 Å². The van der Waals surface area contributed by atoms with Crippen molar-refractivity contribution in [3.8, 4) is 0 Å². The maximum Gasteiger partial charge on any atom is 0.224 e. The Morgan fingerprint density at radius 3 is 2.75 bits per heavy atom. The predicted octanol–water partition coefficient (Wildman–Crippen LogP) is 1.45. The van der Waals surface area contributed by atoms with Crippen LogP contribution in [0.5, 0.6) is 0 Å². The summed E-state index contributed by atoms with van der Waals surface area (Å²) in [5.41, 5.74) is 3.65. The van der Waals surface area contributed by atoms with Crippen molar-refractivity contribution in [1.82, 2.24) is 20.1 Å². The van der Waals surface area contributed by atoms with Crippen molar-refractivity contribution >= 4 is 5.91 Å². The number of carbonyl (C=O) groups excluding carboxylic acids is 1. The predicted molar refractivity (Wildman–Crippen MR) is 74.1 cm³/mol. The number of oxazole rings is 1. The molecule has 6 nitrogen and oxygen atoms in total. The van der Waals surface area contributed by atoms with Crippen molar-refractivity contribution in [3.05, 3.63) is 34.8 Å². The van der Waals surface area contributed by atoms with Crippen LogP contribution in [-0.4, -0.2) is 20.7 Å². The Morgan fingerprint density at radius 1 is 1.45 bits per heavy atom. The van der Waals surface area contributed by atoms with Gasteiger partial charge in [-0.05, 0) is 13.8 Å². The lowest BCUT2D eigenvalue weighted by atomic mass is 10.1. The molecule has 6 heteroatoms. The molecular weight excluding hydrogens is 256 g/mol. The third kappa shape index (κ3) is 3.07. The van der Waals surface area contributed by atoms with Crippen LogP contribution in [0.4, 0.5) is 0 Å². The largest absolute Gasteiger partial charge is 0.449 e. The second-order valence-electron chi connectivity index (χ2n) is 4.81. The normalized spacial score (nSPS) is 10.8. The second kappa shape index (κ2) is 5.90. The zero-order valence-corrected chi connectivity index (χ0v) is 12.4. The van der Waals surface area contributed by atoms with Gasteiger partial charge in [-0.1, -0.05) is 6.92 Å². The van der Waals surface area contributed by atoms with Crippen LogP contribution < -0.4 is 5.32 Å². The van der Waals surface area contributed by atoms with Gasteiger partial charge in [0.25, 0.3) is 0 Å². The number of aromatic nitrogens is 3. The first-order chi connectivity index (χ1) is 9.51. The zero-order chi connectivity index (χ0) is 14.7. The molecule has 0 aliphatic rings. The number of aryl methyl sites for hydroxylation is 3. The molecule has 1 N–H and O–H groups in total. The Labute approximate surface area is 118 Å². The van der Waals surface area contributed by atoms with E-state index in [9.17, 15) is 4.79 Å². The molecule has 0 unspecified atom stereocenters. The molecule has 2 rings (SSSR count). The van der Waals surface area contributed by atoms with E-state index in [2.05, 4.69) is 15.4 Å². The lowest BCUT2D eigenvalue weighted by Gasteiger charge is -2.03. The van der Waals surface area contributed by atoms with E-state index in [1.54, 1.807) is 10.9 Å². The van der Waals surface area contributed by atoms with Gasteiger partial charge in [-0.15, -0.1) is 0 Å². The van der Waals surface area contributed by atoms with E-state index >= 15 is 0 Å². The third-order valence-electron chi connectivity index (χ3n) is 3.36. The highest BCUT2D eigenvalue weighted by molar-refractivity contribution is 5.79. The highest BCUT2D eigenvalue weighted by Gasteiger charge is 2.13. The monoisotopic (exact) mass is 276 g/mol. The van der Waals surface area contributed by atoms with E-state index in [0.717, 1.165) is 29.1 Å². The Morgan fingerprint density at radius 2 is 2.20 bits per heavy atom. The molecule has 108 valence electrons. The van der Waals surface area contributed by atoms with Crippen LogP contribution in [0.3, 0.4) is 0 Å². The first-order valence-electron chi connectivity index (χ1n) is 6.70. The van der Waals surface area contributed by atoms with Gasteiger partial charge in [-0.25, -0.2) is 4.98 Å². The van der Waals surface area contributed by atoms with Gasteiger partial charge in [0.1, 0.15) is 6.26 Å². The van der Waals surface area contributed by atoms with Crippen molar-refractivity contribution < 1.29 is 9.21 Å². The minimum atomic E-state index is -0.0368. The van der Waals surface area contributed by atoms with E-state index in [-0.39, 0.29) is 5.91 Å². The lowest BCUT2D eigenvalue weighted by Crippen LogP contribution is -2.25. The number of rotatable bonds is 5. The zero-order valence-electron chi connectivity index (χ0n) is 12.4. The number of nitrogens with zero attached hydrogens (tertiary/aromatic N) is 3. The average molecular weight is 276 g/mol. The smallest absolute Gasteiger partial charge is 0.224 e. The Kier molecular flexibility index (Phi) is 4.22. The van der Waals surface area contributed by atoms with Gasteiger partial charge in [-0.2, -0.15) is 5.10 Å². The molecule has 1 amide bonds. The van der Waals surface area contributed by atoms with Crippen molar-refractivity contribution in [2.75, 3.05) is 0 Å². The SMILES string of the molecule is CCc1nc(CNC(=O)Cc2c(C)nn(C)c2C)co1. The molecule has 0 saturated heterocycles. The fourth-order valence-corrected chi connectivity index (χ4v) is 2.08. The molecule has 2 aromatic heterocycles. The van der Waals surface area contributed by atoms with E-state index in [1.807, 2.05) is 27.8 Å². The highest BCUT2D eigenvalue weighted by atomic mass is 16.3. The molecule has 2 heterocycles. The summed E-state index contributed by atoms with van der Waals surface area (Å²) in [5.74, 6) is 0.651. The summed E-state index contributed by atoms with van der Waals surface area (Å²) in [6.07, 6.45) is 2.67. The minimum Gasteiger partial charge on any atom is -0.449 e. The summed E-state index contributed by atoms with van der Waals surface area (Å²) in [4.78, 5) is 16.2. The average Bonchev–Trinajstić information content (AvgIpc) is 2.97. The van der Waals surface area contributed by atoms with Crippen LogP contribution in [0.1, 0.15) is 35.5 Å². The number of amides is 1. The van der Waals surface area contributed by atoms with E-state index in [4.69, 9.17) is 4.42 Å². The highest BCUT2D eigenvalue weighted by Crippen LogP contribution is 2.12. The summed E-state index contributed by atoms with van der Waals surface area (Å²) < 4.78 is 7.02. The van der Waals surface area contributed by atoms with Crippen molar-refractivity contribution in [2.45, 2.75) is 40.2 Å². The van der Waals surface area contributed by atoms with Crippen LogP contribution in [0.15, 0.2) is 10.7 Å². The minimum absolute atomic E-state index is 0.0368. The Hall–Kier alpha value is -2.11. The molecule has 0 aliphatic carbocycles. The van der Waals surface area contributed by atoms with Crippen molar-refractivity contribution in [2.24, 2.45) is 7.05 Å². The molecule has 0 aliphatic heterocycles. The van der Waals surface area contributed by atoms with Gasteiger partial charge in [0.15, 0.2) is 5.89 Å². The second-order valence-corrected chi connectivity index (χ2v) is 4.81. The summed E-state index contributed by atoms with van der Waals surface area (Å²) >= 11 is 0. The summed E-state index contributed by atoms with van der Waals surface area (Å²) in [5, 5.41) is 7.16. The molecule has 0 atom stereocenters. The van der Waals surface area contributed by atoms with E-state index < -0.39 is 0 Å². The van der Waals surface area contributed by atoms with Gasteiger partial charge in [0.05, 0.1) is 24.4 Å². The van der Waals surface area contributed by atoms with Gasteiger partial charge >= 0.3 is 0 Å². The summed E-state index contributed by atoms with van der Waals surface area (Å²) in [6, 6.07) is 0. The lowest BCUT2D eigenvalue weighted by molar-refractivity contribution is -0.120. The topological polar surface area (TPSA) is 73.0 Å². The fraction of sp³-hybridized carbons (Fsp3) is 0.500. The molecule has 2 aromatic rings. The maximum atomic E-state index is 12.0. The quantitative estimate of drug-likeness (QED) is 0.897. The third-order valence-corrected chi connectivity index (χ3v) is 3.36. The molecule has 0 saturated carbocycles. The fourth-order valence-electron chi connectivity index (χ4n) is 2.08. The number of carbonyl (C=O) groups is 1. The number of hydrogen-bond donors (Lipinski definition) is 1. The standard InChI is InChI=1S/C14H20N4O2/c1-5-14-16-11(8-20-14)7-15-13(19)6-12-9(2)17-18(4)10(12)3/h8H,5-7H2,1-4H3,(H,15,19). The first kappa shape index (κ1) is 14.3. The van der Waals surface area contributed by atoms with Crippen molar-refractivity contribution in [1.29, 1.82) is 0 Å². The molecule has 0 fully saturated rings. The van der Waals surface area contributed by atoms with Crippen LogP contribution in [0, 0.1) is 13.8 Å². The summed E-state index contributed by atoms with van der Waals surface area (Å²) in [6.45, 7) is 6.25. The molecular formula is C14H20N4O2. The molecule has 0 aromatic carbocycles. The molecule has 0 radical (unpaired) electrons. The molecule has 20 heavy (non-hydrogen) atoms. The Bertz CT molecular complexity index is 613. The number of nitrogens with one attached hydrogen (secondary N) is 1. The maximum absolute atomic E-state index is 12.0. The van der Waals surface area contributed by atoms with E-state index in [0.29, 0.717) is 18.9 Å². The first-order valence-corrected chi connectivity index (χ1v) is 6.70. The van der Waals surface area contributed by atoms with Gasteiger partial charge in [0.2, 0.25) is 5.91 Å². The van der Waals surface area contributed by atoms with Gasteiger partial charge < -0.3 is 9.73 Å². The van der Waals surface area contributed by atoms with Gasteiger partial charge in [0, 0.05) is 24.7 Å². The van der Waals surface area contributed by atoms with Crippen LogP contribution >= 0.6 is 0 Å².